The lowest BCUT2D eigenvalue weighted by atomic mass is 10.0. The Hall–Kier alpha value is -5.63. The van der Waals surface area contributed by atoms with E-state index < -0.39 is 0 Å². The number of hydrogen-bond acceptors (Lipinski definition) is 6. The van der Waals surface area contributed by atoms with Gasteiger partial charge in [-0.25, -0.2) is 9.97 Å². The Morgan fingerprint density at radius 2 is 1.46 bits per heavy atom. The van der Waals surface area contributed by atoms with Crippen LogP contribution in [0.25, 0.3) is 50.1 Å². The predicted molar refractivity (Wildman–Crippen MR) is 162 cm³/mol. The molecular formula is C33H26N6O2. The summed E-state index contributed by atoms with van der Waals surface area (Å²) in [6.45, 7) is 0. The molecule has 41 heavy (non-hydrogen) atoms. The molecule has 8 nitrogen and oxygen atoms in total. The molecule has 0 aliphatic heterocycles. The zero-order valence-corrected chi connectivity index (χ0v) is 22.5. The van der Waals surface area contributed by atoms with E-state index in [4.69, 9.17) is 19.6 Å². The largest absolute Gasteiger partial charge is 0.497 e. The van der Waals surface area contributed by atoms with Crippen LogP contribution in [0.3, 0.4) is 0 Å². The van der Waals surface area contributed by atoms with E-state index in [2.05, 4.69) is 39.6 Å². The second kappa shape index (κ2) is 10.2. The smallest absolute Gasteiger partial charge is 0.228 e. The molecule has 0 saturated carbocycles. The van der Waals surface area contributed by atoms with Gasteiger partial charge in [0, 0.05) is 17.1 Å². The molecule has 4 heterocycles. The fraction of sp³-hybridized carbons (Fsp3) is 0.0606. The van der Waals surface area contributed by atoms with Crippen LogP contribution in [0.15, 0.2) is 109 Å². The molecule has 0 atom stereocenters. The number of hydrogen-bond donors (Lipinski definition) is 2. The molecule has 7 rings (SSSR count). The van der Waals surface area contributed by atoms with Crippen LogP contribution in [0, 0.1) is 0 Å². The van der Waals surface area contributed by atoms with Crippen molar-refractivity contribution in [2.45, 2.75) is 0 Å². The van der Waals surface area contributed by atoms with Gasteiger partial charge in [0.15, 0.2) is 5.65 Å². The van der Waals surface area contributed by atoms with Crippen LogP contribution in [0.4, 0.5) is 11.6 Å². The Morgan fingerprint density at radius 1 is 0.756 bits per heavy atom. The molecule has 4 aromatic heterocycles. The predicted octanol–water partition coefficient (Wildman–Crippen LogP) is 7.37. The van der Waals surface area contributed by atoms with Gasteiger partial charge in [-0.15, -0.1) is 0 Å². The first-order valence-electron chi connectivity index (χ1n) is 13.2. The number of ether oxygens (including phenoxy) is 2. The quantitative estimate of drug-likeness (QED) is 0.220. The molecule has 3 aromatic carbocycles. The number of nitrogens with one attached hydrogen (secondary N) is 2. The summed E-state index contributed by atoms with van der Waals surface area (Å²) in [6.07, 6.45) is 3.71. The highest BCUT2D eigenvalue weighted by Gasteiger charge is 2.25. The van der Waals surface area contributed by atoms with Crippen molar-refractivity contribution in [1.82, 2.24) is 24.6 Å². The summed E-state index contributed by atoms with van der Waals surface area (Å²) in [7, 11) is 3.31. The first kappa shape index (κ1) is 24.4. The summed E-state index contributed by atoms with van der Waals surface area (Å²) >= 11 is 0. The van der Waals surface area contributed by atoms with Crippen LogP contribution >= 0.6 is 0 Å². The minimum atomic E-state index is 0.546. The Kier molecular flexibility index (Phi) is 6.05. The zero-order valence-electron chi connectivity index (χ0n) is 22.5. The lowest BCUT2D eigenvalue weighted by Crippen LogP contribution is -2.06. The van der Waals surface area contributed by atoms with Crippen molar-refractivity contribution in [3.05, 3.63) is 109 Å². The van der Waals surface area contributed by atoms with Gasteiger partial charge >= 0.3 is 0 Å². The van der Waals surface area contributed by atoms with Crippen molar-refractivity contribution in [3.8, 4) is 45.1 Å². The minimum Gasteiger partial charge on any atom is -0.497 e. The summed E-state index contributed by atoms with van der Waals surface area (Å²) in [4.78, 5) is 13.1. The Labute approximate surface area is 236 Å². The molecule has 0 aliphatic carbocycles. The number of anilines is 2. The molecule has 0 spiro atoms. The van der Waals surface area contributed by atoms with Crippen molar-refractivity contribution in [1.29, 1.82) is 0 Å². The number of rotatable bonds is 7. The highest BCUT2D eigenvalue weighted by molar-refractivity contribution is 5.94. The number of aromatic amines is 1. The number of pyridine rings is 1. The highest BCUT2D eigenvalue weighted by atomic mass is 16.5. The third-order valence-corrected chi connectivity index (χ3v) is 7.09. The molecule has 0 unspecified atom stereocenters. The van der Waals surface area contributed by atoms with E-state index in [1.54, 1.807) is 18.7 Å². The molecule has 8 heteroatoms. The van der Waals surface area contributed by atoms with E-state index in [-0.39, 0.29) is 0 Å². The van der Waals surface area contributed by atoms with Gasteiger partial charge in [-0.1, -0.05) is 72.8 Å². The van der Waals surface area contributed by atoms with Gasteiger partial charge in [-0.3, -0.25) is 0 Å². The standard InChI is InChI=1S/C33H26N6O2/c1-40-25-15-13-22(14-16-25)29-31(36-27-19-24-17-18-34-26(24)20-35-27)37-32-28(21-9-5-3-6-10-21)30(23-11-7-4-8-12-23)38-39(32)33(29)41-2/h3-20,34H,1-2H3,(H,35,36,37). The van der Waals surface area contributed by atoms with E-state index in [0.717, 1.165) is 50.2 Å². The maximum Gasteiger partial charge on any atom is 0.228 e. The highest BCUT2D eigenvalue weighted by Crippen LogP contribution is 2.43. The van der Waals surface area contributed by atoms with Gasteiger partial charge in [0.2, 0.25) is 5.88 Å². The number of methoxy groups -OCH3 is 2. The van der Waals surface area contributed by atoms with E-state index in [9.17, 15) is 0 Å². The Bertz CT molecular complexity index is 1980. The average molecular weight is 539 g/mol. The van der Waals surface area contributed by atoms with Crippen LogP contribution in [0.5, 0.6) is 11.6 Å². The molecule has 0 aliphatic rings. The molecule has 0 fully saturated rings. The Balaban J connectivity index is 1.53. The fourth-order valence-electron chi connectivity index (χ4n) is 5.13. The summed E-state index contributed by atoms with van der Waals surface area (Å²) in [5.41, 5.74) is 6.97. The fourth-order valence-corrected chi connectivity index (χ4v) is 5.13. The zero-order chi connectivity index (χ0) is 27.8. The van der Waals surface area contributed by atoms with Crippen LogP contribution in [0.1, 0.15) is 0 Å². The van der Waals surface area contributed by atoms with Crippen molar-refractivity contribution in [3.63, 3.8) is 0 Å². The molecule has 0 bridgehead atoms. The van der Waals surface area contributed by atoms with Crippen molar-refractivity contribution in [2.75, 3.05) is 19.5 Å². The normalized spacial score (nSPS) is 11.2. The van der Waals surface area contributed by atoms with Gasteiger partial charge in [0.25, 0.3) is 0 Å². The molecule has 2 N–H and O–H groups in total. The second-order valence-corrected chi connectivity index (χ2v) is 9.52. The number of H-pyrrole nitrogens is 1. The first-order valence-corrected chi connectivity index (χ1v) is 13.2. The molecule has 0 radical (unpaired) electrons. The van der Waals surface area contributed by atoms with E-state index >= 15 is 0 Å². The van der Waals surface area contributed by atoms with E-state index in [1.807, 2.05) is 85.2 Å². The van der Waals surface area contributed by atoms with Gasteiger partial charge in [0.1, 0.15) is 23.1 Å². The lowest BCUT2D eigenvalue weighted by Gasteiger charge is -2.16. The van der Waals surface area contributed by atoms with Crippen molar-refractivity contribution >= 4 is 28.2 Å². The number of fused-ring (bicyclic) bond motifs is 2. The summed E-state index contributed by atoms with van der Waals surface area (Å²) in [5, 5.41) is 9.62. The summed E-state index contributed by atoms with van der Waals surface area (Å²) in [6, 6.07) is 32.1. The van der Waals surface area contributed by atoms with Gasteiger partial charge in [-0.2, -0.15) is 9.61 Å². The van der Waals surface area contributed by atoms with Crippen LogP contribution in [0.2, 0.25) is 0 Å². The van der Waals surface area contributed by atoms with Crippen LogP contribution < -0.4 is 14.8 Å². The van der Waals surface area contributed by atoms with Crippen LogP contribution in [-0.4, -0.2) is 38.8 Å². The molecule has 7 aromatic rings. The maximum absolute atomic E-state index is 6.11. The molecular weight excluding hydrogens is 512 g/mol. The second-order valence-electron chi connectivity index (χ2n) is 9.52. The SMILES string of the molecule is COc1ccc(-c2c(Nc3cc4cc[nH]c4cn3)nc3c(-c4ccccc4)c(-c4ccccc4)nn3c2OC)cc1. The Morgan fingerprint density at radius 3 is 2.17 bits per heavy atom. The van der Waals surface area contributed by atoms with E-state index in [0.29, 0.717) is 23.2 Å². The van der Waals surface area contributed by atoms with Crippen LogP contribution in [-0.2, 0) is 0 Å². The first-order chi connectivity index (χ1) is 20.2. The number of aromatic nitrogens is 5. The van der Waals surface area contributed by atoms with Gasteiger partial charge in [-0.05, 0) is 35.4 Å². The lowest BCUT2D eigenvalue weighted by molar-refractivity contribution is 0.387. The molecule has 200 valence electrons. The van der Waals surface area contributed by atoms with Crippen molar-refractivity contribution < 1.29 is 9.47 Å². The number of nitrogens with zero attached hydrogens (tertiary/aromatic N) is 4. The summed E-state index contributed by atoms with van der Waals surface area (Å²) in [5.74, 6) is 2.56. The topological polar surface area (TPSA) is 89.4 Å². The number of benzene rings is 3. The third-order valence-electron chi connectivity index (χ3n) is 7.09. The average Bonchev–Trinajstić information content (AvgIpc) is 3.66. The van der Waals surface area contributed by atoms with Crippen molar-refractivity contribution in [2.24, 2.45) is 0 Å². The maximum atomic E-state index is 6.11. The monoisotopic (exact) mass is 538 g/mol. The molecule has 0 amide bonds. The third kappa shape index (κ3) is 4.31. The molecule has 0 saturated heterocycles. The van der Waals surface area contributed by atoms with Gasteiger partial charge in [0.05, 0.1) is 37.1 Å². The summed E-state index contributed by atoms with van der Waals surface area (Å²) < 4.78 is 13.3. The minimum absolute atomic E-state index is 0.546. The van der Waals surface area contributed by atoms with E-state index in [1.165, 1.54) is 0 Å². The van der Waals surface area contributed by atoms with Gasteiger partial charge < -0.3 is 19.8 Å².